The first-order valence-corrected chi connectivity index (χ1v) is 12.9. The Bertz CT molecular complexity index is 1060. The lowest BCUT2D eigenvalue weighted by atomic mass is 10.1. The first-order chi connectivity index (χ1) is 16.7. The Kier molecular flexibility index (Phi) is 11.4. The molecule has 194 valence electrons. The largest absolute Gasteiger partial charge is 0.490 e. The third-order valence-electron chi connectivity index (χ3n) is 5.23. The molecular weight excluding hydrogens is 470 g/mol. The third kappa shape index (κ3) is 8.76. The quantitative estimate of drug-likeness (QED) is 0.204. The Morgan fingerprint density at radius 3 is 2.31 bits per heavy atom. The van der Waals surface area contributed by atoms with Gasteiger partial charge in [0.05, 0.1) is 6.61 Å². The standard InChI is InChI=1S/C25H37N3O6S/c1-6-8-9-10-11-16-28-24(31)27(5)22(29)21(26-28)34-18-17-33-19-12-14-20(15-13-19)35-25(3,4)23(30)32-7-2/h12-15H,6-11,16-18H2,1-5H3. The van der Waals surface area contributed by atoms with Gasteiger partial charge in [-0.05, 0) is 51.5 Å². The summed E-state index contributed by atoms with van der Waals surface area (Å²) in [4.78, 5) is 37.6. The minimum Gasteiger partial charge on any atom is -0.490 e. The van der Waals surface area contributed by atoms with Crippen LogP contribution >= 0.6 is 11.8 Å². The number of rotatable bonds is 15. The van der Waals surface area contributed by atoms with Crippen LogP contribution in [-0.2, 0) is 23.1 Å². The molecule has 0 unspecified atom stereocenters. The molecular formula is C25H37N3O6S. The maximum atomic E-state index is 12.3. The van der Waals surface area contributed by atoms with E-state index >= 15 is 0 Å². The summed E-state index contributed by atoms with van der Waals surface area (Å²) in [5, 5.41) is 4.12. The summed E-state index contributed by atoms with van der Waals surface area (Å²) in [5.74, 6) is 0.257. The van der Waals surface area contributed by atoms with Crippen molar-refractivity contribution in [3.8, 4) is 11.6 Å². The predicted octanol–water partition coefficient (Wildman–Crippen LogP) is 3.80. The molecule has 0 spiro atoms. The molecule has 1 heterocycles. The summed E-state index contributed by atoms with van der Waals surface area (Å²) in [7, 11) is 1.42. The van der Waals surface area contributed by atoms with Crippen molar-refractivity contribution in [2.75, 3.05) is 19.8 Å². The molecule has 1 aromatic carbocycles. The highest BCUT2D eigenvalue weighted by Gasteiger charge is 2.30. The van der Waals surface area contributed by atoms with Crippen molar-refractivity contribution in [2.24, 2.45) is 7.05 Å². The molecule has 0 N–H and O–H groups in total. The van der Waals surface area contributed by atoms with Crippen LogP contribution in [0.4, 0.5) is 0 Å². The number of hydrogen-bond donors (Lipinski definition) is 0. The normalized spacial score (nSPS) is 11.3. The number of hydrogen-bond acceptors (Lipinski definition) is 8. The molecule has 0 amide bonds. The Morgan fingerprint density at radius 1 is 1.00 bits per heavy atom. The Labute approximate surface area is 210 Å². The smallest absolute Gasteiger partial charge is 0.347 e. The van der Waals surface area contributed by atoms with E-state index in [2.05, 4.69) is 12.0 Å². The molecule has 2 rings (SSSR count). The van der Waals surface area contributed by atoms with Crippen LogP contribution in [0.2, 0.25) is 0 Å². The Morgan fingerprint density at radius 2 is 1.66 bits per heavy atom. The van der Waals surface area contributed by atoms with E-state index in [4.69, 9.17) is 14.2 Å². The van der Waals surface area contributed by atoms with Gasteiger partial charge in [-0.2, -0.15) is 0 Å². The number of nitrogens with zero attached hydrogens (tertiary/aromatic N) is 3. The maximum absolute atomic E-state index is 12.3. The van der Waals surface area contributed by atoms with Crippen LogP contribution in [0.3, 0.4) is 0 Å². The number of benzene rings is 1. The van der Waals surface area contributed by atoms with Crippen molar-refractivity contribution < 1.29 is 19.0 Å². The summed E-state index contributed by atoms with van der Waals surface area (Å²) in [6.07, 6.45) is 5.25. The molecule has 0 saturated carbocycles. The summed E-state index contributed by atoms with van der Waals surface area (Å²) in [6, 6.07) is 7.35. The van der Waals surface area contributed by atoms with Gasteiger partial charge < -0.3 is 14.2 Å². The fourth-order valence-electron chi connectivity index (χ4n) is 3.24. The van der Waals surface area contributed by atoms with Gasteiger partial charge in [0, 0.05) is 18.5 Å². The van der Waals surface area contributed by atoms with Crippen LogP contribution in [0.1, 0.15) is 59.8 Å². The van der Waals surface area contributed by atoms with E-state index in [0.717, 1.165) is 41.6 Å². The summed E-state index contributed by atoms with van der Waals surface area (Å²) < 4.78 is 18.0. The number of esters is 1. The van der Waals surface area contributed by atoms with Gasteiger partial charge in [0.1, 0.15) is 23.7 Å². The van der Waals surface area contributed by atoms with Gasteiger partial charge in [-0.15, -0.1) is 16.9 Å². The summed E-state index contributed by atoms with van der Waals surface area (Å²) in [5.41, 5.74) is -1.01. The fraction of sp³-hybridized carbons (Fsp3) is 0.600. The second-order valence-electron chi connectivity index (χ2n) is 8.59. The molecule has 2 aromatic rings. The number of ether oxygens (including phenoxy) is 3. The summed E-state index contributed by atoms with van der Waals surface area (Å²) >= 11 is 1.41. The zero-order valence-corrected chi connectivity index (χ0v) is 22.2. The van der Waals surface area contributed by atoms with Gasteiger partial charge in [-0.3, -0.25) is 14.2 Å². The van der Waals surface area contributed by atoms with Crippen molar-refractivity contribution >= 4 is 17.7 Å². The molecule has 0 atom stereocenters. The predicted molar refractivity (Wildman–Crippen MR) is 136 cm³/mol. The van der Waals surface area contributed by atoms with Gasteiger partial charge in [-0.1, -0.05) is 32.6 Å². The first kappa shape index (κ1) is 28.5. The van der Waals surface area contributed by atoms with Crippen LogP contribution in [0.5, 0.6) is 11.6 Å². The second-order valence-corrected chi connectivity index (χ2v) is 10.3. The first-order valence-electron chi connectivity index (χ1n) is 12.1. The maximum Gasteiger partial charge on any atom is 0.347 e. The molecule has 1 aromatic heterocycles. The van der Waals surface area contributed by atoms with Gasteiger partial charge in [0.15, 0.2) is 0 Å². The highest BCUT2D eigenvalue weighted by atomic mass is 32.2. The topological polar surface area (TPSA) is 102 Å². The highest BCUT2D eigenvalue weighted by Crippen LogP contribution is 2.34. The zero-order valence-electron chi connectivity index (χ0n) is 21.4. The van der Waals surface area contributed by atoms with E-state index < -0.39 is 16.0 Å². The molecule has 9 nitrogen and oxygen atoms in total. The zero-order chi connectivity index (χ0) is 25.8. The molecule has 10 heteroatoms. The highest BCUT2D eigenvalue weighted by molar-refractivity contribution is 8.01. The average molecular weight is 508 g/mol. The van der Waals surface area contributed by atoms with Crippen molar-refractivity contribution in [3.05, 3.63) is 45.1 Å². The van der Waals surface area contributed by atoms with E-state index in [-0.39, 0.29) is 25.1 Å². The number of thioether (sulfide) groups is 1. The Hall–Kier alpha value is -2.75. The number of carbonyl (C=O) groups excluding carboxylic acids is 1. The lowest BCUT2D eigenvalue weighted by Crippen LogP contribution is -2.40. The van der Waals surface area contributed by atoms with Crippen LogP contribution in [0.25, 0.3) is 0 Å². The summed E-state index contributed by atoms with van der Waals surface area (Å²) in [6.45, 7) is 8.67. The third-order valence-corrected chi connectivity index (χ3v) is 6.42. The van der Waals surface area contributed by atoms with Gasteiger partial charge in [-0.25, -0.2) is 9.48 Å². The van der Waals surface area contributed by atoms with Gasteiger partial charge >= 0.3 is 17.2 Å². The fourth-order valence-corrected chi connectivity index (χ4v) is 4.25. The molecule has 0 aliphatic carbocycles. The van der Waals surface area contributed by atoms with Gasteiger partial charge in [0.2, 0.25) is 0 Å². The van der Waals surface area contributed by atoms with Crippen LogP contribution in [0, 0.1) is 0 Å². The second kappa shape index (κ2) is 14.0. The average Bonchev–Trinajstić information content (AvgIpc) is 2.83. The van der Waals surface area contributed by atoms with Crippen LogP contribution < -0.4 is 20.7 Å². The van der Waals surface area contributed by atoms with Crippen LogP contribution in [0.15, 0.2) is 38.8 Å². The SMILES string of the molecule is CCCCCCCn1nc(OCCOc2ccc(SC(C)(C)C(=O)OCC)cc2)c(=O)n(C)c1=O. The minimum atomic E-state index is -0.697. The molecule has 0 fully saturated rings. The van der Waals surface area contributed by atoms with E-state index in [0.29, 0.717) is 18.9 Å². The van der Waals surface area contributed by atoms with E-state index in [1.807, 2.05) is 26.0 Å². The lowest BCUT2D eigenvalue weighted by molar-refractivity contribution is -0.145. The molecule has 0 radical (unpaired) electrons. The molecule has 35 heavy (non-hydrogen) atoms. The number of aromatic nitrogens is 3. The van der Waals surface area contributed by atoms with Crippen molar-refractivity contribution in [3.63, 3.8) is 0 Å². The molecule has 0 aliphatic rings. The number of carbonyl (C=O) groups is 1. The van der Waals surface area contributed by atoms with Crippen molar-refractivity contribution in [1.29, 1.82) is 0 Å². The Balaban J connectivity index is 1.88. The molecule has 0 bridgehead atoms. The van der Waals surface area contributed by atoms with E-state index in [1.165, 1.54) is 23.5 Å². The number of aryl methyl sites for hydroxylation is 1. The van der Waals surface area contributed by atoms with Gasteiger partial charge in [0.25, 0.3) is 5.88 Å². The molecule has 0 aliphatic heterocycles. The van der Waals surface area contributed by atoms with E-state index in [1.54, 1.807) is 19.1 Å². The monoisotopic (exact) mass is 507 g/mol. The van der Waals surface area contributed by atoms with Crippen LogP contribution in [-0.4, -0.2) is 44.9 Å². The van der Waals surface area contributed by atoms with Crippen molar-refractivity contribution in [2.45, 2.75) is 76.0 Å². The van der Waals surface area contributed by atoms with E-state index in [9.17, 15) is 14.4 Å². The lowest BCUT2D eigenvalue weighted by Gasteiger charge is -2.21. The molecule has 0 saturated heterocycles. The minimum absolute atomic E-state index is 0.101. The number of unbranched alkanes of at least 4 members (excludes halogenated alkanes) is 4. The van der Waals surface area contributed by atoms with Crippen molar-refractivity contribution in [1.82, 2.24) is 14.3 Å².